The maximum Gasteiger partial charge on any atom is 0.501 e. The largest absolute Gasteiger partial charge is 0.501 e. The third-order valence-electron chi connectivity index (χ3n) is 2.21. The molecule has 0 amide bonds. The molecule has 0 aliphatic rings. The molecule has 0 saturated carbocycles. The molecule has 0 saturated heterocycles. The molecule has 7 heteroatoms. The highest BCUT2D eigenvalue weighted by atomic mass is 32.2. The van der Waals surface area contributed by atoms with E-state index in [1.165, 1.54) is 12.1 Å². The number of alkyl halides is 3. The SMILES string of the molecule is NCCCc1ccc(S(=O)(=O)C(F)(F)F)cc1. The fourth-order valence-electron chi connectivity index (χ4n) is 1.28. The van der Waals surface area contributed by atoms with E-state index in [9.17, 15) is 21.6 Å². The molecule has 1 aromatic carbocycles. The summed E-state index contributed by atoms with van der Waals surface area (Å²) in [7, 11) is -5.24. The third kappa shape index (κ3) is 3.19. The third-order valence-corrected chi connectivity index (χ3v) is 3.71. The van der Waals surface area contributed by atoms with Gasteiger partial charge < -0.3 is 5.73 Å². The molecule has 0 bridgehead atoms. The van der Waals surface area contributed by atoms with Crippen molar-refractivity contribution in [2.24, 2.45) is 5.73 Å². The highest BCUT2D eigenvalue weighted by Crippen LogP contribution is 2.30. The second-order valence-corrected chi connectivity index (χ2v) is 5.43. The molecule has 0 heterocycles. The zero-order valence-corrected chi connectivity index (χ0v) is 9.68. The lowest BCUT2D eigenvalue weighted by Crippen LogP contribution is -2.23. The number of rotatable bonds is 4. The van der Waals surface area contributed by atoms with Crippen LogP contribution in [0, 0.1) is 0 Å². The molecule has 0 fully saturated rings. The molecule has 2 N–H and O–H groups in total. The second kappa shape index (κ2) is 5.05. The Morgan fingerprint density at radius 1 is 1.12 bits per heavy atom. The maximum atomic E-state index is 12.2. The van der Waals surface area contributed by atoms with Gasteiger partial charge in [0.1, 0.15) is 0 Å². The summed E-state index contributed by atoms with van der Waals surface area (Å²) in [6.45, 7) is 0.475. The molecule has 0 atom stereocenters. The van der Waals surface area contributed by atoms with Crippen LogP contribution in [0.1, 0.15) is 12.0 Å². The van der Waals surface area contributed by atoms with E-state index in [0.717, 1.165) is 17.7 Å². The monoisotopic (exact) mass is 267 g/mol. The van der Waals surface area contributed by atoms with Crippen molar-refractivity contribution in [3.8, 4) is 0 Å². The van der Waals surface area contributed by atoms with Crippen LogP contribution in [0.5, 0.6) is 0 Å². The Morgan fingerprint density at radius 2 is 1.65 bits per heavy atom. The van der Waals surface area contributed by atoms with Crippen molar-refractivity contribution in [3.63, 3.8) is 0 Å². The molecular weight excluding hydrogens is 255 g/mol. The first kappa shape index (κ1) is 14.0. The Labute approximate surface area is 97.4 Å². The number of nitrogens with two attached hydrogens (primary N) is 1. The van der Waals surface area contributed by atoms with Crippen molar-refractivity contribution < 1.29 is 21.6 Å². The topological polar surface area (TPSA) is 60.2 Å². The summed E-state index contributed by atoms with van der Waals surface area (Å²) in [6, 6.07) is 4.67. The van der Waals surface area contributed by atoms with E-state index in [2.05, 4.69) is 0 Å². The summed E-state index contributed by atoms with van der Waals surface area (Å²) >= 11 is 0. The minimum Gasteiger partial charge on any atom is -0.330 e. The number of hydrogen-bond acceptors (Lipinski definition) is 3. The molecule has 0 spiro atoms. The minimum absolute atomic E-state index is 0.475. The molecule has 1 rings (SSSR count). The quantitative estimate of drug-likeness (QED) is 0.906. The summed E-state index contributed by atoms with van der Waals surface area (Å²) in [4.78, 5) is -0.735. The molecule has 96 valence electrons. The van der Waals surface area contributed by atoms with Gasteiger partial charge in [-0.2, -0.15) is 13.2 Å². The first-order chi connectivity index (χ1) is 7.79. The Balaban J connectivity index is 2.96. The van der Waals surface area contributed by atoms with Crippen LogP contribution >= 0.6 is 0 Å². The molecule has 0 aliphatic carbocycles. The first-order valence-electron chi connectivity index (χ1n) is 4.89. The standard InChI is InChI=1S/C10H12F3NO2S/c11-10(12,13)17(15,16)9-5-3-8(4-6-9)2-1-7-14/h3-6H,1-2,7,14H2. The zero-order valence-electron chi connectivity index (χ0n) is 8.87. The minimum atomic E-state index is -5.26. The number of halogens is 3. The van der Waals surface area contributed by atoms with Gasteiger partial charge in [0.2, 0.25) is 0 Å². The van der Waals surface area contributed by atoms with Gasteiger partial charge in [0.25, 0.3) is 9.84 Å². The normalized spacial score (nSPS) is 12.7. The van der Waals surface area contributed by atoms with E-state index in [-0.39, 0.29) is 0 Å². The van der Waals surface area contributed by atoms with Crippen LogP contribution < -0.4 is 5.73 Å². The summed E-state index contributed by atoms with van der Waals surface area (Å²) in [6.07, 6.45) is 1.31. The predicted octanol–water partition coefficient (Wildman–Crippen LogP) is 1.87. The highest BCUT2D eigenvalue weighted by Gasteiger charge is 2.46. The fourth-order valence-corrected chi connectivity index (χ4v) is 2.04. The lowest BCUT2D eigenvalue weighted by Gasteiger charge is -2.08. The first-order valence-corrected chi connectivity index (χ1v) is 6.37. The summed E-state index contributed by atoms with van der Waals surface area (Å²) < 4.78 is 58.7. The van der Waals surface area contributed by atoms with Gasteiger partial charge in [-0.15, -0.1) is 0 Å². The van der Waals surface area contributed by atoms with Gasteiger partial charge >= 0.3 is 5.51 Å². The summed E-state index contributed by atoms with van der Waals surface area (Å²) in [5.74, 6) is 0. The average molecular weight is 267 g/mol. The van der Waals surface area contributed by atoms with Crippen molar-refractivity contribution in [2.75, 3.05) is 6.54 Å². The Morgan fingerprint density at radius 3 is 2.06 bits per heavy atom. The zero-order chi connectivity index (χ0) is 13.1. The molecule has 1 aromatic rings. The van der Waals surface area contributed by atoms with E-state index in [0.29, 0.717) is 19.4 Å². The number of sulfone groups is 1. The van der Waals surface area contributed by atoms with Gasteiger partial charge in [0.15, 0.2) is 0 Å². The maximum absolute atomic E-state index is 12.2. The molecular formula is C10H12F3NO2S. The molecule has 17 heavy (non-hydrogen) atoms. The smallest absolute Gasteiger partial charge is 0.330 e. The summed E-state index contributed by atoms with van der Waals surface area (Å²) in [5, 5.41) is 0. The Kier molecular flexibility index (Phi) is 4.16. The van der Waals surface area contributed by atoms with Crippen LogP contribution in [0.15, 0.2) is 29.2 Å². The van der Waals surface area contributed by atoms with Crippen molar-refractivity contribution >= 4 is 9.84 Å². The fraction of sp³-hybridized carbons (Fsp3) is 0.400. The molecule has 0 radical (unpaired) electrons. The highest BCUT2D eigenvalue weighted by molar-refractivity contribution is 7.92. The van der Waals surface area contributed by atoms with E-state index in [1.54, 1.807) is 0 Å². The molecule has 0 aliphatic heterocycles. The van der Waals surface area contributed by atoms with Crippen molar-refractivity contribution in [1.82, 2.24) is 0 Å². The molecule has 0 aromatic heterocycles. The lowest BCUT2D eigenvalue weighted by atomic mass is 10.1. The second-order valence-electron chi connectivity index (χ2n) is 3.49. The van der Waals surface area contributed by atoms with Crippen LogP contribution in [0.3, 0.4) is 0 Å². The van der Waals surface area contributed by atoms with Crippen LogP contribution in [0.4, 0.5) is 13.2 Å². The van der Waals surface area contributed by atoms with Gasteiger partial charge in [-0.05, 0) is 37.1 Å². The predicted molar refractivity (Wildman–Crippen MR) is 57.1 cm³/mol. The lowest BCUT2D eigenvalue weighted by molar-refractivity contribution is -0.0436. The van der Waals surface area contributed by atoms with E-state index in [4.69, 9.17) is 5.73 Å². The van der Waals surface area contributed by atoms with Crippen molar-refractivity contribution in [1.29, 1.82) is 0 Å². The van der Waals surface area contributed by atoms with E-state index >= 15 is 0 Å². The van der Waals surface area contributed by atoms with Crippen LogP contribution in [0.25, 0.3) is 0 Å². The average Bonchev–Trinajstić information content (AvgIpc) is 2.25. The molecule has 3 nitrogen and oxygen atoms in total. The van der Waals surface area contributed by atoms with Crippen LogP contribution in [-0.2, 0) is 16.3 Å². The molecule has 0 unspecified atom stereocenters. The number of hydrogen-bond donors (Lipinski definition) is 1. The Bertz CT molecular complexity index is 465. The van der Waals surface area contributed by atoms with Crippen molar-refractivity contribution in [2.45, 2.75) is 23.2 Å². The van der Waals surface area contributed by atoms with Gasteiger partial charge in [0, 0.05) is 0 Å². The van der Waals surface area contributed by atoms with Crippen LogP contribution in [-0.4, -0.2) is 20.5 Å². The van der Waals surface area contributed by atoms with Gasteiger partial charge in [-0.25, -0.2) is 8.42 Å². The number of aryl methyl sites for hydroxylation is 1. The number of benzene rings is 1. The van der Waals surface area contributed by atoms with E-state index in [1.807, 2.05) is 0 Å². The summed E-state index contributed by atoms with van der Waals surface area (Å²) in [5.41, 5.74) is 0.791. The van der Waals surface area contributed by atoms with E-state index < -0.39 is 20.2 Å². The van der Waals surface area contributed by atoms with Gasteiger partial charge in [-0.3, -0.25) is 0 Å². The van der Waals surface area contributed by atoms with Crippen LogP contribution in [0.2, 0.25) is 0 Å². The Hall–Kier alpha value is -1.08. The van der Waals surface area contributed by atoms with Crippen molar-refractivity contribution in [3.05, 3.63) is 29.8 Å². The van der Waals surface area contributed by atoms with Gasteiger partial charge in [-0.1, -0.05) is 12.1 Å². The van der Waals surface area contributed by atoms with Gasteiger partial charge in [0.05, 0.1) is 4.90 Å².